The zero-order chi connectivity index (χ0) is 11.5. The van der Waals surface area contributed by atoms with Crippen LogP contribution in [0.15, 0.2) is 24.3 Å². The largest absolute Gasteiger partial charge is 0.122 e. The van der Waals surface area contributed by atoms with E-state index in [1.807, 2.05) is 18.2 Å². The van der Waals surface area contributed by atoms with Crippen LogP contribution in [-0.4, -0.2) is 5.38 Å². The molecule has 0 bridgehead atoms. The maximum atomic E-state index is 6.32. The lowest BCUT2D eigenvalue weighted by atomic mass is 9.88. The molecule has 0 heterocycles. The monoisotopic (exact) mass is 244 g/mol. The van der Waals surface area contributed by atoms with Crippen molar-refractivity contribution in [3.05, 3.63) is 34.9 Å². The second-order valence-corrected chi connectivity index (χ2v) is 5.90. The highest BCUT2D eigenvalue weighted by Crippen LogP contribution is 2.29. The lowest BCUT2D eigenvalue weighted by Crippen LogP contribution is -2.21. The normalized spacial score (nSPS) is 13.9. The summed E-state index contributed by atoms with van der Waals surface area (Å²) in [6, 6.07) is 7.96. The molecule has 1 unspecified atom stereocenters. The fourth-order valence-corrected chi connectivity index (χ4v) is 1.76. The molecule has 1 atom stereocenters. The molecule has 0 aromatic heterocycles. The van der Waals surface area contributed by atoms with Gasteiger partial charge in [0.1, 0.15) is 0 Å². The predicted molar refractivity (Wildman–Crippen MR) is 68.9 cm³/mol. The SMILES string of the molecule is CC(C)(C)C(Cl)CCc1ccccc1Cl. The number of alkyl halides is 1. The van der Waals surface area contributed by atoms with Crippen LogP contribution in [-0.2, 0) is 6.42 Å². The maximum Gasteiger partial charge on any atom is 0.0437 e. The van der Waals surface area contributed by atoms with Gasteiger partial charge in [-0.05, 0) is 29.9 Å². The summed E-state index contributed by atoms with van der Waals surface area (Å²) in [5.41, 5.74) is 1.34. The highest BCUT2D eigenvalue weighted by molar-refractivity contribution is 6.31. The van der Waals surface area contributed by atoms with Crippen LogP contribution in [0, 0.1) is 5.41 Å². The van der Waals surface area contributed by atoms with Crippen molar-refractivity contribution < 1.29 is 0 Å². The first-order valence-electron chi connectivity index (χ1n) is 5.29. The van der Waals surface area contributed by atoms with Crippen LogP contribution in [0.2, 0.25) is 5.02 Å². The molecule has 0 saturated carbocycles. The summed E-state index contributed by atoms with van der Waals surface area (Å²) in [6.07, 6.45) is 1.92. The van der Waals surface area contributed by atoms with Gasteiger partial charge in [-0.1, -0.05) is 50.6 Å². The Morgan fingerprint density at radius 1 is 1.20 bits per heavy atom. The van der Waals surface area contributed by atoms with Gasteiger partial charge in [-0.2, -0.15) is 0 Å². The van der Waals surface area contributed by atoms with Crippen molar-refractivity contribution in [1.82, 2.24) is 0 Å². The Labute approximate surface area is 103 Å². The van der Waals surface area contributed by atoms with E-state index in [0.717, 1.165) is 17.9 Å². The average Bonchev–Trinajstić information content (AvgIpc) is 2.14. The highest BCUT2D eigenvalue weighted by Gasteiger charge is 2.21. The van der Waals surface area contributed by atoms with Crippen LogP contribution in [0.25, 0.3) is 0 Å². The number of hydrogen-bond donors (Lipinski definition) is 0. The zero-order valence-electron chi connectivity index (χ0n) is 9.56. The fourth-order valence-electron chi connectivity index (χ4n) is 1.42. The van der Waals surface area contributed by atoms with Crippen molar-refractivity contribution in [2.24, 2.45) is 5.41 Å². The molecule has 1 rings (SSSR count). The molecular weight excluding hydrogens is 227 g/mol. The first-order chi connectivity index (χ1) is 6.91. The zero-order valence-corrected chi connectivity index (χ0v) is 11.1. The predicted octanol–water partition coefficient (Wildman–Crippen LogP) is 4.93. The van der Waals surface area contributed by atoms with E-state index in [-0.39, 0.29) is 10.8 Å². The van der Waals surface area contributed by atoms with E-state index in [4.69, 9.17) is 23.2 Å². The van der Waals surface area contributed by atoms with Gasteiger partial charge in [0.05, 0.1) is 0 Å². The Hall–Kier alpha value is -0.200. The number of rotatable bonds is 3. The molecule has 0 amide bonds. The Balaban J connectivity index is 2.55. The Bertz CT molecular complexity index is 313. The van der Waals surface area contributed by atoms with Gasteiger partial charge in [-0.25, -0.2) is 0 Å². The molecule has 0 saturated heterocycles. The van der Waals surface area contributed by atoms with Crippen LogP contribution in [0.5, 0.6) is 0 Å². The first kappa shape index (κ1) is 12.9. The van der Waals surface area contributed by atoms with Crippen molar-refractivity contribution in [1.29, 1.82) is 0 Å². The minimum Gasteiger partial charge on any atom is -0.122 e. The average molecular weight is 245 g/mol. The summed E-state index contributed by atoms with van der Waals surface area (Å²) in [5.74, 6) is 0. The molecule has 15 heavy (non-hydrogen) atoms. The molecule has 0 fully saturated rings. The van der Waals surface area contributed by atoms with Gasteiger partial charge in [-0.15, -0.1) is 11.6 Å². The summed E-state index contributed by atoms with van der Waals surface area (Å²) < 4.78 is 0. The molecule has 0 aliphatic heterocycles. The Morgan fingerprint density at radius 3 is 2.33 bits per heavy atom. The molecule has 84 valence electrons. The van der Waals surface area contributed by atoms with Crippen LogP contribution in [0.3, 0.4) is 0 Å². The number of hydrogen-bond acceptors (Lipinski definition) is 0. The van der Waals surface area contributed by atoms with Gasteiger partial charge in [0, 0.05) is 10.4 Å². The van der Waals surface area contributed by atoms with Gasteiger partial charge in [0.25, 0.3) is 0 Å². The summed E-state index contributed by atoms with van der Waals surface area (Å²) in [4.78, 5) is 0. The lowest BCUT2D eigenvalue weighted by Gasteiger charge is -2.25. The van der Waals surface area contributed by atoms with Crippen LogP contribution < -0.4 is 0 Å². The Kier molecular flexibility index (Phi) is 4.48. The number of benzene rings is 1. The van der Waals surface area contributed by atoms with Crippen molar-refractivity contribution in [3.63, 3.8) is 0 Å². The van der Waals surface area contributed by atoms with Gasteiger partial charge < -0.3 is 0 Å². The molecule has 0 nitrogen and oxygen atoms in total. The third kappa shape index (κ3) is 4.04. The van der Waals surface area contributed by atoms with E-state index in [2.05, 4.69) is 26.8 Å². The third-order valence-electron chi connectivity index (χ3n) is 2.56. The third-order valence-corrected chi connectivity index (χ3v) is 3.81. The maximum absolute atomic E-state index is 6.32. The first-order valence-corrected chi connectivity index (χ1v) is 6.10. The lowest BCUT2D eigenvalue weighted by molar-refractivity contribution is 0.374. The molecule has 2 heteroatoms. The molecule has 0 aliphatic rings. The quantitative estimate of drug-likeness (QED) is 0.662. The van der Waals surface area contributed by atoms with Crippen LogP contribution in [0.1, 0.15) is 32.8 Å². The fraction of sp³-hybridized carbons (Fsp3) is 0.538. The van der Waals surface area contributed by atoms with Crippen molar-refractivity contribution >= 4 is 23.2 Å². The summed E-state index contributed by atoms with van der Waals surface area (Å²) in [7, 11) is 0. The van der Waals surface area contributed by atoms with Gasteiger partial charge >= 0.3 is 0 Å². The van der Waals surface area contributed by atoms with Crippen molar-refractivity contribution in [2.45, 2.75) is 39.0 Å². The van der Waals surface area contributed by atoms with Gasteiger partial charge in [-0.3, -0.25) is 0 Å². The van der Waals surface area contributed by atoms with Gasteiger partial charge in [0.2, 0.25) is 0 Å². The summed E-state index contributed by atoms with van der Waals surface area (Å²) >= 11 is 12.4. The molecular formula is C13H18Cl2. The summed E-state index contributed by atoms with van der Waals surface area (Å²) in [5, 5.41) is 1.03. The number of aryl methyl sites for hydroxylation is 1. The van der Waals surface area contributed by atoms with Crippen molar-refractivity contribution in [2.75, 3.05) is 0 Å². The van der Waals surface area contributed by atoms with E-state index >= 15 is 0 Å². The van der Waals surface area contributed by atoms with Gasteiger partial charge in [0.15, 0.2) is 0 Å². The molecule has 0 aliphatic carbocycles. The van der Waals surface area contributed by atoms with E-state index in [9.17, 15) is 0 Å². The minimum absolute atomic E-state index is 0.156. The van der Waals surface area contributed by atoms with E-state index in [0.29, 0.717) is 0 Å². The molecule has 0 spiro atoms. The van der Waals surface area contributed by atoms with Crippen LogP contribution >= 0.6 is 23.2 Å². The number of halogens is 2. The molecule has 1 aromatic carbocycles. The minimum atomic E-state index is 0.156. The summed E-state index contributed by atoms with van der Waals surface area (Å²) in [6.45, 7) is 6.49. The molecule has 1 aromatic rings. The van der Waals surface area contributed by atoms with Crippen LogP contribution in [0.4, 0.5) is 0 Å². The topological polar surface area (TPSA) is 0 Å². The standard InChI is InChI=1S/C13H18Cl2/c1-13(2,3)12(15)9-8-10-6-4-5-7-11(10)14/h4-7,12H,8-9H2,1-3H3. The smallest absolute Gasteiger partial charge is 0.0437 e. The molecule has 0 radical (unpaired) electrons. The van der Waals surface area contributed by atoms with E-state index in [1.165, 1.54) is 5.56 Å². The highest BCUT2D eigenvalue weighted by atomic mass is 35.5. The van der Waals surface area contributed by atoms with Crippen molar-refractivity contribution in [3.8, 4) is 0 Å². The Morgan fingerprint density at radius 2 is 1.80 bits per heavy atom. The second-order valence-electron chi connectivity index (χ2n) is 4.96. The van der Waals surface area contributed by atoms with E-state index in [1.54, 1.807) is 0 Å². The molecule has 0 N–H and O–H groups in total. The second kappa shape index (κ2) is 5.23. The van der Waals surface area contributed by atoms with E-state index < -0.39 is 0 Å².